The minimum atomic E-state index is -0.181. The first-order chi connectivity index (χ1) is 12.7. The summed E-state index contributed by atoms with van der Waals surface area (Å²) in [4.78, 5) is 23.8. The van der Waals surface area contributed by atoms with Crippen molar-refractivity contribution in [1.29, 1.82) is 0 Å². The average Bonchev–Trinajstić information content (AvgIpc) is 3.13. The number of carbonyl (C=O) groups is 1. The molecule has 0 fully saturated rings. The van der Waals surface area contributed by atoms with E-state index in [1.807, 2.05) is 43.0 Å². The maximum atomic E-state index is 12.8. The number of aromatic nitrogens is 4. The molecule has 4 heterocycles. The highest BCUT2D eigenvalue weighted by molar-refractivity contribution is 6.12. The predicted molar refractivity (Wildman–Crippen MR) is 101 cm³/mol. The number of nitrogens with zero attached hydrogens (tertiary/aromatic N) is 4. The first-order valence-electron chi connectivity index (χ1n) is 8.38. The third kappa shape index (κ3) is 2.73. The standard InChI is InChI=1S/C19H18N6O/c1-3-25-17-15(19(26)24-16-12(2)6-7-20-18(16)25)8-13(9-21-17)4-5-14-10-22-23-11-14/h4-11H,3H2,1-2H3,(H,22,23)(H,24,26). The number of rotatable bonds is 3. The van der Waals surface area contributed by atoms with E-state index in [2.05, 4.69) is 25.5 Å². The quantitative estimate of drug-likeness (QED) is 0.759. The molecule has 4 rings (SSSR count). The summed E-state index contributed by atoms with van der Waals surface area (Å²) in [6.45, 7) is 4.63. The molecular formula is C19H18N6O. The Bertz CT molecular complexity index is 993. The van der Waals surface area contributed by atoms with Crippen LogP contribution in [-0.2, 0) is 0 Å². The fourth-order valence-electron chi connectivity index (χ4n) is 2.98. The largest absolute Gasteiger partial charge is 0.318 e. The molecule has 26 heavy (non-hydrogen) atoms. The molecule has 3 aromatic rings. The van der Waals surface area contributed by atoms with Crippen LogP contribution in [0.25, 0.3) is 12.2 Å². The van der Waals surface area contributed by atoms with Crippen LogP contribution in [0, 0.1) is 6.92 Å². The van der Waals surface area contributed by atoms with E-state index in [0.29, 0.717) is 23.7 Å². The number of hydrogen-bond acceptors (Lipinski definition) is 5. The molecule has 0 atom stereocenters. The summed E-state index contributed by atoms with van der Waals surface area (Å²) in [6.07, 6.45) is 10.8. The number of pyridine rings is 2. The lowest BCUT2D eigenvalue weighted by Crippen LogP contribution is -2.20. The van der Waals surface area contributed by atoms with Gasteiger partial charge in [-0.15, -0.1) is 0 Å². The molecule has 1 aliphatic heterocycles. The van der Waals surface area contributed by atoms with Gasteiger partial charge in [-0.1, -0.05) is 12.2 Å². The van der Waals surface area contributed by atoms with Crippen LogP contribution >= 0.6 is 0 Å². The van der Waals surface area contributed by atoms with E-state index in [-0.39, 0.29) is 5.91 Å². The Kier molecular flexibility index (Phi) is 3.96. The number of amides is 1. The Hall–Kier alpha value is -3.48. The fourth-order valence-corrected chi connectivity index (χ4v) is 2.98. The van der Waals surface area contributed by atoms with Gasteiger partial charge in [-0.05, 0) is 37.1 Å². The van der Waals surface area contributed by atoms with Gasteiger partial charge in [-0.2, -0.15) is 5.10 Å². The van der Waals surface area contributed by atoms with Gasteiger partial charge in [0.1, 0.15) is 5.82 Å². The minimum absolute atomic E-state index is 0.181. The summed E-state index contributed by atoms with van der Waals surface area (Å²) in [5.74, 6) is 1.15. The minimum Gasteiger partial charge on any atom is -0.318 e. The molecule has 1 amide bonds. The molecule has 0 bridgehead atoms. The van der Waals surface area contributed by atoms with Crippen molar-refractivity contribution in [1.82, 2.24) is 20.2 Å². The second-order valence-electron chi connectivity index (χ2n) is 6.03. The van der Waals surface area contributed by atoms with E-state index in [4.69, 9.17) is 0 Å². The number of anilines is 3. The molecule has 130 valence electrons. The number of carbonyl (C=O) groups excluding carboxylic acids is 1. The van der Waals surface area contributed by atoms with Crippen LogP contribution in [0.15, 0.2) is 36.9 Å². The molecule has 2 N–H and O–H groups in total. The second-order valence-corrected chi connectivity index (χ2v) is 6.03. The first kappa shape index (κ1) is 16.0. The zero-order chi connectivity index (χ0) is 18.1. The summed E-state index contributed by atoms with van der Waals surface area (Å²) in [7, 11) is 0. The van der Waals surface area contributed by atoms with Crippen molar-refractivity contribution < 1.29 is 4.79 Å². The number of hydrogen-bond donors (Lipinski definition) is 2. The zero-order valence-corrected chi connectivity index (χ0v) is 14.5. The van der Waals surface area contributed by atoms with Gasteiger partial charge in [0.05, 0.1) is 17.4 Å². The average molecular weight is 346 g/mol. The second kappa shape index (κ2) is 6.44. The van der Waals surface area contributed by atoms with Crippen LogP contribution in [0.2, 0.25) is 0 Å². The van der Waals surface area contributed by atoms with E-state index in [1.54, 1.807) is 24.8 Å². The highest BCUT2D eigenvalue weighted by atomic mass is 16.1. The summed E-state index contributed by atoms with van der Waals surface area (Å²) in [5, 5.41) is 9.66. The number of H-pyrrole nitrogens is 1. The number of nitrogens with one attached hydrogen (secondary N) is 2. The van der Waals surface area contributed by atoms with E-state index in [9.17, 15) is 4.79 Å². The molecule has 3 aromatic heterocycles. The van der Waals surface area contributed by atoms with E-state index >= 15 is 0 Å². The third-order valence-corrected chi connectivity index (χ3v) is 4.33. The molecule has 0 saturated carbocycles. The molecule has 0 radical (unpaired) electrons. The normalized spacial score (nSPS) is 13.3. The molecule has 0 aromatic carbocycles. The van der Waals surface area contributed by atoms with Crippen LogP contribution < -0.4 is 10.2 Å². The first-order valence-corrected chi connectivity index (χ1v) is 8.38. The van der Waals surface area contributed by atoms with Crippen molar-refractivity contribution in [2.24, 2.45) is 0 Å². The van der Waals surface area contributed by atoms with E-state index in [0.717, 1.165) is 22.4 Å². The lowest BCUT2D eigenvalue weighted by atomic mass is 10.1. The van der Waals surface area contributed by atoms with Crippen molar-refractivity contribution >= 4 is 35.4 Å². The molecular weight excluding hydrogens is 328 g/mol. The molecule has 0 spiro atoms. The van der Waals surface area contributed by atoms with Gasteiger partial charge in [-0.25, -0.2) is 9.97 Å². The zero-order valence-electron chi connectivity index (χ0n) is 14.5. The highest BCUT2D eigenvalue weighted by Crippen LogP contribution is 2.36. The summed E-state index contributed by atoms with van der Waals surface area (Å²) < 4.78 is 0. The molecule has 7 heteroatoms. The maximum Gasteiger partial charge on any atom is 0.259 e. The van der Waals surface area contributed by atoms with Gasteiger partial charge < -0.3 is 10.2 Å². The van der Waals surface area contributed by atoms with Gasteiger partial charge in [-0.3, -0.25) is 9.89 Å². The number of aromatic amines is 1. The van der Waals surface area contributed by atoms with Gasteiger partial charge in [0, 0.05) is 30.7 Å². The van der Waals surface area contributed by atoms with Gasteiger partial charge in [0.2, 0.25) is 0 Å². The van der Waals surface area contributed by atoms with Crippen molar-refractivity contribution in [3.8, 4) is 0 Å². The van der Waals surface area contributed by atoms with Crippen molar-refractivity contribution in [3.05, 3.63) is 59.2 Å². The number of fused-ring (bicyclic) bond motifs is 2. The predicted octanol–water partition coefficient (Wildman–Crippen LogP) is 3.40. The molecule has 0 unspecified atom stereocenters. The lowest BCUT2D eigenvalue weighted by Gasteiger charge is -2.22. The molecule has 0 aliphatic carbocycles. The Balaban J connectivity index is 1.79. The lowest BCUT2D eigenvalue weighted by molar-refractivity contribution is 0.102. The summed E-state index contributed by atoms with van der Waals surface area (Å²) in [5.41, 5.74) is 4.01. The van der Waals surface area contributed by atoms with Crippen LogP contribution in [0.3, 0.4) is 0 Å². The topological polar surface area (TPSA) is 86.8 Å². The van der Waals surface area contributed by atoms with Crippen LogP contribution in [0.5, 0.6) is 0 Å². The monoisotopic (exact) mass is 346 g/mol. The van der Waals surface area contributed by atoms with Gasteiger partial charge >= 0.3 is 0 Å². The summed E-state index contributed by atoms with van der Waals surface area (Å²) >= 11 is 0. The number of aryl methyl sites for hydroxylation is 1. The van der Waals surface area contributed by atoms with Crippen LogP contribution in [-0.4, -0.2) is 32.6 Å². The van der Waals surface area contributed by atoms with E-state index in [1.165, 1.54) is 0 Å². The van der Waals surface area contributed by atoms with Gasteiger partial charge in [0.15, 0.2) is 5.82 Å². The Morgan fingerprint density at radius 1 is 1.15 bits per heavy atom. The highest BCUT2D eigenvalue weighted by Gasteiger charge is 2.27. The SMILES string of the molecule is CCN1c2ncc(C=Cc3cn[nH]c3)cc2C(=O)Nc2c(C)ccnc21. The summed E-state index contributed by atoms with van der Waals surface area (Å²) in [6, 6.07) is 3.73. The fraction of sp³-hybridized carbons (Fsp3) is 0.158. The van der Waals surface area contributed by atoms with Crippen molar-refractivity contribution in [3.63, 3.8) is 0 Å². The maximum absolute atomic E-state index is 12.8. The Morgan fingerprint density at radius 3 is 2.77 bits per heavy atom. The Morgan fingerprint density at radius 2 is 2.00 bits per heavy atom. The van der Waals surface area contributed by atoms with Crippen LogP contribution in [0.4, 0.5) is 17.3 Å². The third-order valence-electron chi connectivity index (χ3n) is 4.33. The molecule has 7 nitrogen and oxygen atoms in total. The smallest absolute Gasteiger partial charge is 0.259 e. The van der Waals surface area contributed by atoms with Gasteiger partial charge in [0.25, 0.3) is 5.91 Å². The Labute approximate surface area is 150 Å². The van der Waals surface area contributed by atoms with Crippen LogP contribution in [0.1, 0.15) is 34.0 Å². The molecule has 0 saturated heterocycles. The molecule has 1 aliphatic rings. The van der Waals surface area contributed by atoms with Crippen molar-refractivity contribution in [2.75, 3.05) is 16.8 Å². The van der Waals surface area contributed by atoms with E-state index < -0.39 is 0 Å². The van der Waals surface area contributed by atoms with Crippen molar-refractivity contribution in [2.45, 2.75) is 13.8 Å².